The highest BCUT2D eigenvalue weighted by molar-refractivity contribution is 7.64. The van der Waals surface area contributed by atoms with Gasteiger partial charge < -0.3 is 9.63 Å². The number of benzene rings is 1. The Hall–Kier alpha value is -0.950. The first-order valence-electron chi connectivity index (χ1n) is 5.77. The second-order valence-electron chi connectivity index (χ2n) is 5.91. The average molecular weight is 254 g/mol. The molecule has 1 aromatic carbocycles. The molecule has 0 amide bonds. The molecule has 0 atom stereocenters. The lowest BCUT2D eigenvalue weighted by molar-refractivity contribution is 0.311. The van der Waals surface area contributed by atoms with Gasteiger partial charge in [-0.05, 0) is 46.2 Å². The fraction of sp³-hybridized carbons (Fsp3) is 0.538. The van der Waals surface area contributed by atoms with Gasteiger partial charge in [-0.15, -0.1) is 0 Å². The Morgan fingerprint density at radius 2 is 1.71 bits per heavy atom. The summed E-state index contributed by atoms with van der Waals surface area (Å²) in [6.07, 6.45) is 0.866. The van der Waals surface area contributed by atoms with Crippen molar-refractivity contribution in [2.75, 3.05) is 0 Å². The van der Waals surface area contributed by atoms with Crippen LogP contribution in [0.25, 0.3) is 0 Å². The summed E-state index contributed by atoms with van der Waals surface area (Å²) in [5, 5.41) is 9.05. The Labute approximate surface area is 102 Å². The van der Waals surface area contributed by atoms with E-state index in [2.05, 4.69) is 0 Å². The van der Waals surface area contributed by atoms with Crippen molar-refractivity contribution in [1.82, 2.24) is 0 Å². The monoisotopic (exact) mass is 254 g/mol. The molecule has 0 aliphatic carbocycles. The number of phenolic OH excluding ortho intramolecular Hbond substituents is 1. The molecule has 17 heavy (non-hydrogen) atoms. The molecular weight excluding hydrogens is 235 g/mol. The minimum absolute atomic E-state index is 0.0428. The van der Waals surface area contributed by atoms with Crippen LogP contribution < -0.4 is 4.52 Å². The van der Waals surface area contributed by atoms with Gasteiger partial charge in [0.05, 0.1) is 10.3 Å². The van der Waals surface area contributed by atoms with Gasteiger partial charge in [-0.25, -0.2) is 0 Å². The first-order valence-corrected chi connectivity index (χ1v) is 7.40. The summed E-state index contributed by atoms with van der Waals surface area (Å²) < 4.78 is 18.7. The minimum atomic E-state index is -2.81. The molecule has 1 aliphatic heterocycles. The molecule has 1 aromatic rings. The van der Waals surface area contributed by atoms with Crippen LogP contribution in [0.15, 0.2) is 24.3 Å². The van der Waals surface area contributed by atoms with Gasteiger partial charge in [0.2, 0.25) is 0 Å². The summed E-state index contributed by atoms with van der Waals surface area (Å²) >= 11 is 0. The fourth-order valence-electron chi connectivity index (χ4n) is 2.91. The van der Waals surface area contributed by atoms with E-state index < -0.39 is 7.37 Å². The van der Waals surface area contributed by atoms with Crippen LogP contribution in [0.3, 0.4) is 0 Å². The van der Waals surface area contributed by atoms with Gasteiger partial charge in [0.15, 0.2) is 11.5 Å². The third kappa shape index (κ3) is 1.68. The molecule has 0 aromatic heterocycles. The summed E-state index contributed by atoms with van der Waals surface area (Å²) in [5.41, 5.74) is 0. The van der Waals surface area contributed by atoms with Crippen molar-refractivity contribution < 1.29 is 14.2 Å². The maximum atomic E-state index is 13.0. The molecular formula is C13H19O3P. The van der Waals surface area contributed by atoms with Crippen LogP contribution in [0, 0.1) is 0 Å². The normalized spacial score (nSPS) is 23.8. The summed E-state index contributed by atoms with van der Waals surface area (Å²) in [6, 6.07) is 6.68. The molecule has 0 spiro atoms. The number of phenols is 1. The topological polar surface area (TPSA) is 46.5 Å². The summed E-state index contributed by atoms with van der Waals surface area (Å²) in [4.78, 5) is 0. The van der Waals surface area contributed by atoms with Gasteiger partial charge in [0.1, 0.15) is 0 Å². The SMILES string of the molecule is CC1(C)CC(C)(C)P1(=O)Oc1ccccc1O. The molecule has 1 N–H and O–H groups in total. The fourth-order valence-corrected chi connectivity index (χ4v) is 6.42. The highest BCUT2D eigenvalue weighted by Gasteiger charge is 2.65. The van der Waals surface area contributed by atoms with Crippen LogP contribution in [-0.2, 0) is 4.57 Å². The van der Waals surface area contributed by atoms with Gasteiger partial charge >= 0.3 is 0 Å². The van der Waals surface area contributed by atoms with E-state index in [-0.39, 0.29) is 16.1 Å². The van der Waals surface area contributed by atoms with Crippen molar-refractivity contribution in [2.45, 2.75) is 44.4 Å². The third-order valence-corrected chi connectivity index (χ3v) is 7.51. The summed E-state index contributed by atoms with van der Waals surface area (Å²) in [7, 11) is -2.81. The highest BCUT2D eigenvalue weighted by atomic mass is 31.2. The lowest BCUT2D eigenvalue weighted by Crippen LogP contribution is -2.50. The van der Waals surface area contributed by atoms with Crippen molar-refractivity contribution in [3.63, 3.8) is 0 Å². The number of hydrogen-bond acceptors (Lipinski definition) is 3. The second kappa shape index (κ2) is 3.52. The van der Waals surface area contributed by atoms with E-state index >= 15 is 0 Å². The van der Waals surface area contributed by atoms with Crippen LogP contribution in [-0.4, -0.2) is 15.4 Å². The molecule has 1 saturated heterocycles. The van der Waals surface area contributed by atoms with Gasteiger partial charge in [-0.3, -0.25) is 4.57 Å². The first kappa shape index (κ1) is 12.5. The van der Waals surface area contributed by atoms with E-state index in [9.17, 15) is 9.67 Å². The van der Waals surface area contributed by atoms with E-state index in [0.29, 0.717) is 5.75 Å². The lowest BCUT2D eigenvalue weighted by atomic mass is 9.96. The number of rotatable bonds is 2. The van der Waals surface area contributed by atoms with Crippen molar-refractivity contribution in [3.8, 4) is 11.5 Å². The van der Waals surface area contributed by atoms with Gasteiger partial charge in [-0.2, -0.15) is 0 Å². The maximum Gasteiger partial charge on any atom is 0.258 e. The molecule has 0 bridgehead atoms. The average Bonchev–Trinajstić information content (AvgIpc) is 2.19. The van der Waals surface area contributed by atoms with E-state index in [0.717, 1.165) is 6.42 Å². The van der Waals surface area contributed by atoms with Gasteiger partial charge in [-0.1, -0.05) is 12.1 Å². The molecule has 0 radical (unpaired) electrons. The Bertz CT molecular complexity index is 473. The standard InChI is InChI=1S/C13H19O3P/c1-12(2)9-13(3,4)17(12,15)16-11-8-6-5-7-10(11)14/h5-8,14H,9H2,1-4H3. The van der Waals surface area contributed by atoms with Crippen molar-refractivity contribution in [3.05, 3.63) is 24.3 Å². The Morgan fingerprint density at radius 1 is 1.18 bits per heavy atom. The Morgan fingerprint density at radius 3 is 2.18 bits per heavy atom. The molecule has 4 heteroatoms. The molecule has 1 heterocycles. The van der Waals surface area contributed by atoms with E-state index in [1.165, 1.54) is 0 Å². The van der Waals surface area contributed by atoms with Gasteiger partial charge in [0.25, 0.3) is 7.37 Å². The Balaban J connectivity index is 2.36. The predicted octanol–water partition coefficient (Wildman–Crippen LogP) is 4.01. The van der Waals surface area contributed by atoms with Gasteiger partial charge in [0, 0.05) is 0 Å². The molecule has 94 valence electrons. The van der Waals surface area contributed by atoms with E-state index in [1.54, 1.807) is 24.3 Å². The molecule has 0 unspecified atom stereocenters. The quantitative estimate of drug-likeness (QED) is 0.811. The summed E-state index contributed by atoms with van der Waals surface area (Å²) in [6.45, 7) is 7.83. The molecule has 1 fully saturated rings. The zero-order valence-corrected chi connectivity index (χ0v) is 11.6. The predicted molar refractivity (Wildman–Crippen MR) is 69.1 cm³/mol. The highest BCUT2D eigenvalue weighted by Crippen LogP contribution is 2.79. The number of para-hydroxylation sites is 2. The van der Waals surface area contributed by atoms with Crippen molar-refractivity contribution >= 4 is 7.37 Å². The number of hydrogen-bond donors (Lipinski definition) is 1. The zero-order valence-electron chi connectivity index (χ0n) is 10.7. The van der Waals surface area contributed by atoms with Crippen LogP contribution in [0.4, 0.5) is 0 Å². The summed E-state index contributed by atoms with van der Waals surface area (Å²) in [5.74, 6) is 0.359. The minimum Gasteiger partial charge on any atom is -0.504 e. The van der Waals surface area contributed by atoms with Crippen LogP contribution in [0.1, 0.15) is 34.1 Å². The van der Waals surface area contributed by atoms with Crippen LogP contribution >= 0.6 is 7.37 Å². The van der Waals surface area contributed by atoms with Crippen molar-refractivity contribution in [2.24, 2.45) is 0 Å². The van der Waals surface area contributed by atoms with Crippen LogP contribution in [0.2, 0.25) is 0 Å². The molecule has 3 nitrogen and oxygen atoms in total. The van der Waals surface area contributed by atoms with E-state index in [1.807, 2.05) is 27.7 Å². The van der Waals surface area contributed by atoms with Crippen molar-refractivity contribution in [1.29, 1.82) is 0 Å². The molecule has 2 rings (SSSR count). The lowest BCUT2D eigenvalue weighted by Gasteiger charge is -2.55. The second-order valence-corrected chi connectivity index (χ2v) is 9.62. The third-order valence-electron chi connectivity index (χ3n) is 3.55. The smallest absolute Gasteiger partial charge is 0.258 e. The zero-order chi connectivity index (χ0) is 12.9. The first-order chi connectivity index (χ1) is 7.70. The Kier molecular flexibility index (Phi) is 2.59. The maximum absolute atomic E-state index is 13.0. The largest absolute Gasteiger partial charge is 0.504 e. The van der Waals surface area contributed by atoms with E-state index in [4.69, 9.17) is 4.52 Å². The molecule has 0 saturated carbocycles. The van der Waals surface area contributed by atoms with Crippen LogP contribution in [0.5, 0.6) is 11.5 Å². The number of aromatic hydroxyl groups is 1. The molecule has 1 aliphatic rings.